The Labute approximate surface area is 101 Å². The van der Waals surface area contributed by atoms with Crippen LogP contribution in [0.4, 0.5) is 0 Å². The lowest BCUT2D eigenvalue weighted by Crippen LogP contribution is -2.39. The smallest absolute Gasteiger partial charge is 0.334 e. The number of ether oxygens (including phenoxy) is 1. The van der Waals surface area contributed by atoms with Crippen molar-refractivity contribution in [1.82, 2.24) is 0 Å². The third-order valence-corrected chi connectivity index (χ3v) is 4.73. The minimum atomic E-state index is -0.196. The maximum absolute atomic E-state index is 11.7. The molecule has 1 heterocycles. The van der Waals surface area contributed by atoms with Crippen LogP contribution in [0, 0.1) is 23.7 Å². The maximum Gasteiger partial charge on any atom is 0.334 e. The monoisotopic (exact) mass is 234 g/mol. The van der Waals surface area contributed by atoms with Gasteiger partial charge in [0.15, 0.2) is 0 Å². The van der Waals surface area contributed by atoms with E-state index in [1.807, 2.05) is 6.92 Å². The van der Waals surface area contributed by atoms with Crippen molar-refractivity contribution in [2.75, 3.05) is 0 Å². The number of fused-ring (bicyclic) bond motifs is 2. The molecule has 2 aliphatic carbocycles. The number of rotatable bonds is 1. The SMILES string of the molecule is C[C@@H]1OC(=O)C2=C[C@H]3CCCC[C@@H]3[C@H](C=O)[C@H]21. The predicted molar refractivity (Wildman–Crippen MR) is 62.1 cm³/mol. The maximum atomic E-state index is 11.7. The molecular formula is C14H18O3. The number of allylic oxidation sites excluding steroid dienone is 1. The highest BCUT2D eigenvalue weighted by atomic mass is 16.5. The molecule has 1 saturated heterocycles. The van der Waals surface area contributed by atoms with E-state index in [4.69, 9.17) is 4.74 Å². The summed E-state index contributed by atoms with van der Waals surface area (Å²) in [5.74, 6) is 0.662. The molecule has 0 amide bonds. The molecule has 2 fully saturated rings. The van der Waals surface area contributed by atoms with Crippen LogP contribution in [0.1, 0.15) is 32.6 Å². The van der Waals surface area contributed by atoms with Crippen LogP contribution in [0.3, 0.4) is 0 Å². The van der Waals surface area contributed by atoms with Gasteiger partial charge in [0.25, 0.3) is 0 Å². The molecule has 0 N–H and O–H groups in total. The first-order valence-electron chi connectivity index (χ1n) is 6.60. The molecule has 1 aliphatic heterocycles. The van der Waals surface area contributed by atoms with Crippen molar-refractivity contribution in [3.8, 4) is 0 Å². The van der Waals surface area contributed by atoms with Crippen LogP contribution in [0.15, 0.2) is 11.6 Å². The van der Waals surface area contributed by atoms with Crippen molar-refractivity contribution in [1.29, 1.82) is 0 Å². The van der Waals surface area contributed by atoms with Crippen LogP contribution < -0.4 is 0 Å². The van der Waals surface area contributed by atoms with Crippen LogP contribution >= 0.6 is 0 Å². The fraction of sp³-hybridized carbons (Fsp3) is 0.714. The lowest BCUT2D eigenvalue weighted by molar-refractivity contribution is -0.138. The molecule has 3 nitrogen and oxygen atoms in total. The molecule has 5 atom stereocenters. The molecule has 3 heteroatoms. The van der Waals surface area contributed by atoms with Gasteiger partial charge in [0, 0.05) is 17.4 Å². The normalized spacial score (nSPS) is 44.4. The first-order chi connectivity index (χ1) is 8.22. The second-order valence-electron chi connectivity index (χ2n) is 5.58. The summed E-state index contributed by atoms with van der Waals surface area (Å²) >= 11 is 0. The van der Waals surface area contributed by atoms with E-state index in [0.717, 1.165) is 24.7 Å². The van der Waals surface area contributed by atoms with Gasteiger partial charge in [0.2, 0.25) is 0 Å². The summed E-state index contributed by atoms with van der Waals surface area (Å²) in [6, 6.07) is 0. The molecule has 3 rings (SSSR count). The van der Waals surface area contributed by atoms with Crippen molar-refractivity contribution in [2.24, 2.45) is 23.7 Å². The number of cyclic esters (lactones) is 1. The largest absolute Gasteiger partial charge is 0.459 e. The predicted octanol–water partition coefficient (Wildman–Crippen LogP) is 2.11. The number of carbonyl (C=O) groups excluding carboxylic acids is 2. The summed E-state index contributed by atoms with van der Waals surface area (Å²) in [7, 11) is 0. The zero-order valence-corrected chi connectivity index (χ0v) is 10.1. The van der Waals surface area contributed by atoms with Crippen molar-refractivity contribution >= 4 is 12.3 Å². The van der Waals surface area contributed by atoms with E-state index in [1.165, 1.54) is 12.8 Å². The highest BCUT2D eigenvalue weighted by Gasteiger charge is 2.49. The number of hydrogen-bond acceptors (Lipinski definition) is 3. The Bertz CT molecular complexity index is 385. The zero-order valence-electron chi connectivity index (χ0n) is 10.1. The topological polar surface area (TPSA) is 43.4 Å². The molecule has 0 unspecified atom stereocenters. The summed E-state index contributed by atoms with van der Waals surface area (Å²) in [6.07, 6.45) is 7.71. The lowest BCUT2D eigenvalue weighted by Gasteiger charge is -2.40. The van der Waals surface area contributed by atoms with Crippen LogP contribution in [0.25, 0.3) is 0 Å². The fourth-order valence-electron chi connectivity index (χ4n) is 3.95. The summed E-state index contributed by atoms with van der Waals surface area (Å²) < 4.78 is 5.28. The van der Waals surface area contributed by atoms with Crippen LogP contribution in [-0.2, 0) is 14.3 Å². The van der Waals surface area contributed by atoms with Gasteiger partial charge < -0.3 is 9.53 Å². The number of aldehydes is 1. The van der Waals surface area contributed by atoms with E-state index in [9.17, 15) is 9.59 Å². The van der Waals surface area contributed by atoms with Gasteiger partial charge in [-0.25, -0.2) is 4.79 Å². The molecule has 17 heavy (non-hydrogen) atoms. The van der Waals surface area contributed by atoms with Crippen LogP contribution in [0.2, 0.25) is 0 Å². The minimum Gasteiger partial charge on any atom is -0.459 e. The van der Waals surface area contributed by atoms with Gasteiger partial charge in [-0.3, -0.25) is 0 Å². The molecule has 1 saturated carbocycles. The van der Waals surface area contributed by atoms with Gasteiger partial charge in [-0.05, 0) is 31.6 Å². The Balaban J connectivity index is 2.01. The third-order valence-electron chi connectivity index (χ3n) is 4.73. The Hall–Kier alpha value is -1.12. The second-order valence-corrected chi connectivity index (χ2v) is 5.58. The second kappa shape index (κ2) is 3.97. The molecule has 92 valence electrons. The summed E-state index contributed by atoms with van der Waals surface area (Å²) in [5, 5.41) is 0. The third kappa shape index (κ3) is 1.55. The molecule has 0 aromatic rings. The van der Waals surface area contributed by atoms with Gasteiger partial charge in [0.05, 0.1) is 0 Å². The van der Waals surface area contributed by atoms with E-state index < -0.39 is 0 Å². The number of esters is 1. The molecule has 0 spiro atoms. The quantitative estimate of drug-likeness (QED) is 0.515. The average molecular weight is 234 g/mol. The van der Waals surface area contributed by atoms with Crippen molar-refractivity contribution in [3.63, 3.8) is 0 Å². The first-order valence-corrected chi connectivity index (χ1v) is 6.60. The number of hydrogen-bond donors (Lipinski definition) is 0. The summed E-state index contributed by atoms with van der Waals surface area (Å²) in [4.78, 5) is 23.2. The lowest BCUT2D eigenvalue weighted by atomic mass is 9.62. The fourth-order valence-corrected chi connectivity index (χ4v) is 3.95. The number of carbonyl (C=O) groups is 2. The first kappa shape index (κ1) is 11.0. The Morgan fingerprint density at radius 3 is 2.88 bits per heavy atom. The van der Waals surface area contributed by atoms with Crippen molar-refractivity contribution in [2.45, 2.75) is 38.7 Å². The van der Waals surface area contributed by atoms with E-state index >= 15 is 0 Å². The molecule has 3 aliphatic rings. The van der Waals surface area contributed by atoms with E-state index in [-0.39, 0.29) is 23.9 Å². The molecular weight excluding hydrogens is 216 g/mol. The minimum absolute atomic E-state index is 0.0123. The zero-order chi connectivity index (χ0) is 12.0. The summed E-state index contributed by atoms with van der Waals surface area (Å²) in [5.41, 5.74) is 0.776. The molecule has 0 bridgehead atoms. The molecule has 0 aromatic heterocycles. The van der Waals surface area contributed by atoms with Gasteiger partial charge in [-0.15, -0.1) is 0 Å². The highest BCUT2D eigenvalue weighted by molar-refractivity contribution is 5.92. The Morgan fingerprint density at radius 2 is 2.12 bits per heavy atom. The van der Waals surface area contributed by atoms with Crippen LogP contribution in [0.5, 0.6) is 0 Å². The Kier molecular flexibility index (Phi) is 2.57. The molecule has 0 aromatic carbocycles. The van der Waals surface area contributed by atoms with Crippen molar-refractivity contribution in [3.05, 3.63) is 11.6 Å². The van der Waals surface area contributed by atoms with Gasteiger partial charge in [-0.2, -0.15) is 0 Å². The van der Waals surface area contributed by atoms with E-state index in [0.29, 0.717) is 11.8 Å². The highest BCUT2D eigenvalue weighted by Crippen LogP contribution is 2.48. The van der Waals surface area contributed by atoms with Gasteiger partial charge in [-0.1, -0.05) is 18.9 Å². The van der Waals surface area contributed by atoms with E-state index in [2.05, 4.69) is 6.08 Å². The average Bonchev–Trinajstić information content (AvgIpc) is 2.62. The van der Waals surface area contributed by atoms with Crippen molar-refractivity contribution < 1.29 is 14.3 Å². The van der Waals surface area contributed by atoms with Crippen LogP contribution in [-0.4, -0.2) is 18.4 Å². The van der Waals surface area contributed by atoms with Gasteiger partial charge >= 0.3 is 5.97 Å². The van der Waals surface area contributed by atoms with Gasteiger partial charge in [0.1, 0.15) is 12.4 Å². The summed E-state index contributed by atoms with van der Waals surface area (Å²) in [6.45, 7) is 1.91. The Morgan fingerprint density at radius 1 is 1.35 bits per heavy atom. The molecule has 0 radical (unpaired) electrons. The van der Waals surface area contributed by atoms with E-state index in [1.54, 1.807) is 0 Å². The standard InChI is InChI=1S/C14H18O3/c1-8-13-11(14(16)17-8)6-9-4-2-3-5-10(9)12(13)7-15/h6-10,12-13H,2-5H2,1H3/t8-,9+,10-,12-,13-/m0/s1.